The molecule has 0 saturated heterocycles. The first-order valence-electron chi connectivity index (χ1n) is 5.70. The molecule has 76 valence electrons. The first-order valence-corrected chi connectivity index (χ1v) is 5.70. The monoisotopic (exact) mass is 204 g/mol. The van der Waals surface area contributed by atoms with Crippen molar-refractivity contribution in [3.63, 3.8) is 0 Å². The van der Waals surface area contributed by atoms with Crippen LogP contribution in [-0.2, 0) is 0 Å². The topological polar surface area (TPSA) is 0 Å². The maximum absolute atomic E-state index is 3.87. The van der Waals surface area contributed by atoms with E-state index in [9.17, 15) is 0 Å². The summed E-state index contributed by atoms with van der Waals surface area (Å²) in [6.45, 7) is 0. The molecule has 0 bridgehead atoms. The van der Waals surface area contributed by atoms with Gasteiger partial charge in [-0.25, -0.2) is 0 Å². The fraction of sp³-hybridized carbons (Fsp3) is 0.133. The summed E-state index contributed by atoms with van der Waals surface area (Å²) in [6.07, 6.45) is 5.71. The van der Waals surface area contributed by atoms with E-state index in [4.69, 9.17) is 0 Å². The van der Waals surface area contributed by atoms with Crippen molar-refractivity contribution in [2.24, 2.45) is 5.92 Å². The van der Waals surface area contributed by atoms with Gasteiger partial charge in [-0.3, -0.25) is 0 Å². The molecule has 3 rings (SSSR count). The quantitative estimate of drug-likeness (QED) is 0.610. The Morgan fingerprint density at radius 2 is 1.75 bits per heavy atom. The Labute approximate surface area is 96.0 Å². The second kappa shape index (κ2) is 3.75. The van der Waals surface area contributed by atoms with Crippen LogP contribution in [0.5, 0.6) is 0 Å². The van der Waals surface area contributed by atoms with Gasteiger partial charge in [0.1, 0.15) is 0 Å². The molecular weight excluding hydrogens is 191 g/mol. The molecule has 0 spiro atoms. The van der Waals surface area contributed by atoms with Crippen LogP contribution in [0.15, 0.2) is 36.4 Å². The SMILES string of the molecule is B=CC1C=c2cc3ccccc3cc2=CC1. The van der Waals surface area contributed by atoms with Gasteiger partial charge in [0, 0.05) is 0 Å². The molecule has 0 nitrogen and oxygen atoms in total. The van der Waals surface area contributed by atoms with Crippen LogP contribution >= 0.6 is 0 Å². The molecule has 0 aliphatic heterocycles. The summed E-state index contributed by atoms with van der Waals surface area (Å²) >= 11 is 0. The van der Waals surface area contributed by atoms with Crippen molar-refractivity contribution in [2.45, 2.75) is 6.42 Å². The second-order valence-electron chi connectivity index (χ2n) is 4.33. The summed E-state index contributed by atoms with van der Waals surface area (Å²) in [7, 11) is 3.87. The van der Waals surface area contributed by atoms with E-state index in [1.54, 1.807) is 0 Å². The molecule has 1 aliphatic carbocycles. The number of benzene rings is 2. The van der Waals surface area contributed by atoms with Crippen LogP contribution < -0.4 is 10.4 Å². The Morgan fingerprint density at radius 3 is 2.44 bits per heavy atom. The fourth-order valence-corrected chi connectivity index (χ4v) is 2.32. The van der Waals surface area contributed by atoms with E-state index in [2.05, 4.69) is 56.0 Å². The molecule has 2 aromatic carbocycles. The van der Waals surface area contributed by atoms with Gasteiger partial charge in [-0.1, -0.05) is 0 Å². The van der Waals surface area contributed by atoms with E-state index < -0.39 is 0 Å². The Balaban J connectivity index is 2.36. The molecule has 1 atom stereocenters. The van der Waals surface area contributed by atoms with Crippen LogP contribution in [0.3, 0.4) is 0 Å². The number of hydrogen-bond acceptors (Lipinski definition) is 0. The molecule has 0 aromatic heterocycles. The predicted molar refractivity (Wildman–Crippen MR) is 73.4 cm³/mol. The van der Waals surface area contributed by atoms with Crippen LogP contribution in [0.2, 0.25) is 0 Å². The summed E-state index contributed by atoms with van der Waals surface area (Å²) in [4.78, 5) is 0. The Bertz CT molecular complexity index is 667. The van der Waals surface area contributed by atoms with Crippen molar-refractivity contribution in [1.29, 1.82) is 0 Å². The van der Waals surface area contributed by atoms with Gasteiger partial charge in [0.2, 0.25) is 0 Å². The minimum absolute atomic E-state index is 0.494. The van der Waals surface area contributed by atoms with E-state index in [-0.39, 0.29) is 0 Å². The van der Waals surface area contributed by atoms with Crippen LogP contribution in [-0.4, -0.2) is 13.5 Å². The van der Waals surface area contributed by atoms with Gasteiger partial charge < -0.3 is 0 Å². The van der Waals surface area contributed by atoms with Crippen molar-refractivity contribution in [1.82, 2.24) is 0 Å². The first-order chi connectivity index (χ1) is 7.86. The number of fused-ring (bicyclic) bond motifs is 2. The molecule has 1 unspecified atom stereocenters. The molecule has 1 heteroatoms. The zero-order chi connectivity index (χ0) is 11.0. The van der Waals surface area contributed by atoms with Crippen molar-refractivity contribution in [2.75, 3.05) is 0 Å². The zero-order valence-corrected chi connectivity index (χ0v) is 9.19. The van der Waals surface area contributed by atoms with Crippen LogP contribution in [0.25, 0.3) is 22.9 Å². The summed E-state index contributed by atoms with van der Waals surface area (Å²) in [6, 6.07) is 13.1. The molecule has 0 fully saturated rings. The number of rotatable bonds is 1. The van der Waals surface area contributed by atoms with E-state index in [0.29, 0.717) is 5.92 Å². The van der Waals surface area contributed by atoms with Gasteiger partial charge in [0.05, 0.1) is 0 Å². The summed E-state index contributed by atoms with van der Waals surface area (Å²) in [5.41, 5.74) is 0. The summed E-state index contributed by atoms with van der Waals surface area (Å²) < 4.78 is 0. The van der Waals surface area contributed by atoms with E-state index >= 15 is 0 Å². The number of hydrogen-bond donors (Lipinski definition) is 0. The molecule has 0 radical (unpaired) electrons. The molecule has 0 saturated carbocycles. The van der Waals surface area contributed by atoms with Crippen LogP contribution in [0.1, 0.15) is 6.42 Å². The molecule has 0 N–H and O–H groups in total. The first kappa shape index (κ1) is 9.59. The maximum atomic E-state index is 3.87. The molecule has 16 heavy (non-hydrogen) atoms. The van der Waals surface area contributed by atoms with Gasteiger partial charge in [0.25, 0.3) is 0 Å². The molecule has 0 heterocycles. The summed E-state index contributed by atoms with van der Waals surface area (Å²) in [5, 5.41) is 5.34. The Kier molecular flexibility index (Phi) is 2.25. The van der Waals surface area contributed by atoms with Crippen molar-refractivity contribution >= 4 is 36.4 Å². The molecular formula is C15H13B. The Morgan fingerprint density at radius 1 is 1.06 bits per heavy atom. The van der Waals surface area contributed by atoms with Gasteiger partial charge >= 0.3 is 95.6 Å². The van der Waals surface area contributed by atoms with E-state index in [1.165, 1.54) is 21.2 Å². The van der Waals surface area contributed by atoms with Crippen molar-refractivity contribution in [3.05, 3.63) is 46.8 Å². The average molecular weight is 204 g/mol. The third-order valence-electron chi connectivity index (χ3n) is 3.26. The van der Waals surface area contributed by atoms with Gasteiger partial charge in [-0.2, -0.15) is 0 Å². The van der Waals surface area contributed by atoms with Crippen molar-refractivity contribution < 1.29 is 0 Å². The molecule has 1 aliphatic rings. The van der Waals surface area contributed by atoms with E-state index in [0.717, 1.165) is 6.42 Å². The minimum atomic E-state index is 0.494. The van der Waals surface area contributed by atoms with Crippen LogP contribution in [0.4, 0.5) is 0 Å². The van der Waals surface area contributed by atoms with Gasteiger partial charge in [0.15, 0.2) is 0 Å². The van der Waals surface area contributed by atoms with Gasteiger partial charge in [-0.15, -0.1) is 0 Å². The average Bonchev–Trinajstić information content (AvgIpc) is 2.35. The molecule has 2 aromatic rings. The van der Waals surface area contributed by atoms with Crippen LogP contribution in [0, 0.1) is 5.92 Å². The zero-order valence-electron chi connectivity index (χ0n) is 9.19. The van der Waals surface area contributed by atoms with E-state index in [1.807, 2.05) is 5.97 Å². The second-order valence-corrected chi connectivity index (χ2v) is 4.33. The third-order valence-corrected chi connectivity index (χ3v) is 3.26. The normalized spacial score (nSPS) is 18.3. The predicted octanol–water partition coefficient (Wildman–Crippen LogP) is 1.12. The fourth-order valence-electron chi connectivity index (χ4n) is 2.32. The van der Waals surface area contributed by atoms with Crippen molar-refractivity contribution in [3.8, 4) is 0 Å². The van der Waals surface area contributed by atoms with Gasteiger partial charge in [-0.05, 0) is 0 Å². The summed E-state index contributed by atoms with van der Waals surface area (Å²) in [5.74, 6) is 2.52. The Hall–Kier alpha value is -1.63. The standard InChI is InChI=1S/C15H13B/c16-10-11-5-6-14-8-12-3-1-2-4-13(12)9-15(14)7-11/h1-4,6-11,16H,5H2. The third kappa shape index (κ3) is 1.53. The molecule has 0 amide bonds.